The minimum atomic E-state index is 0. The maximum atomic E-state index is 4.18. The highest BCUT2D eigenvalue weighted by Crippen LogP contribution is 2.20. The maximum absolute atomic E-state index is 4.18. The fourth-order valence-electron chi connectivity index (χ4n) is 1.60. The number of hydrogen-bond acceptors (Lipinski definition) is 3. The SMILES string of the molecule is CNC1CN(c2ccnc(C)c2)C1.Cl.Cl. The second-order valence-electron chi connectivity index (χ2n) is 3.55. The van der Waals surface area contributed by atoms with Crippen LogP contribution in [0.15, 0.2) is 18.3 Å². The Bertz CT molecular complexity index is 300. The first-order chi connectivity index (χ1) is 6.29. The number of anilines is 1. The van der Waals surface area contributed by atoms with E-state index in [1.54, 1.807) is 0 Å². The molecule has 1 aliphatic heterocycles. The standard InChI is InChI=1S/C10H15N3.2ClH/c1-8-5-10(3-4-12-8)13-6-9(7-13)11-2;;/h3-5,9,11H,6-7H2,1-2H3;2*1H. The number of rotatable bonds is 2. The largest absolute Gasteiger partial charge is 0.368 e. The minimum Gasteiger partial charge on any atom is -0.368 e. The molecule has 2 heterocycles. The van der Waals surface area contributed by atoms with E-state index in [-0.39, 0.29) is 24.8 Å². The molecule has 0 aliphatic carbocycles. The van der Waals surface area contributed by atoms with Crippen LogP contribution in [0.5, 0.6) is 0 Å². The normalized spacial score (nSPS) is 14.9. The van der Waals surface area contributed by atoms with Crippen molar-refractivity contribution in [3.8, 4) is 0 Å². The Morgan fingerprint density at radius 3 is 2.60 bits per heavy atom. The number of aromatic nitrogens is 1. The Kier molecular flexibility index (Phi) is 5.95. The third-order valence-electron chi connectivity index (χ3n) is 2.54. The summed E-state index contributed by atoms with van der Waals surface area (Å²) in [5, 5.41) is 3.26. The molecule has 0 atom stereocenters. The summed E-state index contributed by atoms with van der Waals surface area (Å²) in [6.07, 6.45) is 1.87. The molecule has 0 saturated carbocycles. The van der Waals surface area contributed by atoms with Crippen LogP contribution in [0.4, 0.5) is 5.69 Å². The van der Waals surface area contributed by atoms with E-state index in [0.717, 1.165) is 18.8 Å². The molecule has 0 radical (unpaired) electrons. The second-order valence-corrected chi connectivity index (χ2v) is 3.55. The quantitative estimate of drug-likeness (QED) is 0.864. The van der Waals surface area contributed by atoms with Crippen LogP contribution >= 0.6 is 24.8 Å². The van der Waals surface area contributed by atoms with Gasteiger partial charge in [0, 0.05) is 36.7 Å². The monoisotopic (exact) mass is 249 g/mol. The molecule has 1 saturated heterocycles. The zero-order valence-corrected chi connectivity index (χ0v) is 10.6. The van der Waals surface area contributed by atoms with Crippen molar-refractivity contribution in [1.29, 1.82) is 0 Å². The third-order valence-corrected chi connectivity index (χ3v) is 2.54. The predicted octanol–water partition coefficient (Wildman–Crippen LogP) is 1.64. The molecule has 1 aromatic rings. The molecule has 15 heavy (non-hydrogen) atoms. The molecule has 2 rings (SSSR count). The van der Waals surface area contributed by atoms with Crippen LogP contribution in [0.3, 0.4) is 0 Å². The van der Waals surface area contributed by atoms with Gasteiger partial charge >= 0.3 is 0 Å². The second kappa shape index (κ2) is 6.16. The average molecular weight is 250 g/mol. The summed E-state index contributed by atoms with van der Waals surface area (Å²) < 4.78 is 0. The summed E-state index contributed by atoms with van der Waals surface area (Å²) in [5.74, 6) is 0. The van der Waals surface area contributed by atoms with Gasteiger partial charge in [0.15, 0.2) is 0 Å². The van der Waals surface area contributed by atoms with Gasteiger partial charge in [0.25, 0.3) is 0 Å². The van der Waals surface area contributed by atoms with Crippen molar-refractivity contribution in [3.05, 3.63) is 24.0 Å². The topological polar surface area (TPSA) is 28.2 Å². The fourth-order valence-corrected chi connectivity index (χ4v) is 1.60. The van der Waals surface area contributed by atoms with Gasteiger partial charge < -0.3 is 10.2 Å². The van der Waals surface area contributed by atoms with Crippen LogP contribution in [0.1, 0.15) is 5.69 Å². The first-order valence-electron chi connectivity index (χ1n) is 4.64. The number of aryl methyl sites for hydroxylation is 1. The number of pyridine rings is 1. The molecule has 3 nitrogen and oxygen atoms in total. The number of nitrogens with one attached hydrogen (secondary N) is 1. The number of nitrogens with zero attached hydrogens (tertiary/aromatic N) is 2. The van der Waals surface area contributed by atoms with E-state index in [1.165, 1.54) is 5.69 Å². The average Bonchev–Trinajstić information content (AvgIpc) is 2.02. The predicted molar refractivity (Wildman–Crippen MR) is 68.5 cm³/mol. The van der Waals surface area contributed by atoms with Crippen molar-refractivity contribution in [2.45, 2.75) is 13.0 Å². The molecular weight excluding hydrogens is 233 g/mol. The van der Waals surface area contributed by atoms with Crippen LogP contribution in [-0.2, 0) is 0 Å². The summed E-state index contributed by atoms with van der Waals surface area (Å²) in [4.78, 5) is 6.53. The van der Waals surface area contributed by atoms with E-state index >= 15 is 0 Å². The van der Waals surface area contributed by atoms with E-state index in [9.17, 15) is 0 Å². The van der Waals surface area contributed by atoms with E-state index in [1.807, 2.05) is 20.2 Å². The zero-order chi connectivity index (χ0) is 9.26. The van der Waals surface area contributed by atoms with Gasteiger partial charge in [-0.1, -0.05) is 0 Å². The highest BCUT2D eigenvalue weighted by Gasteiger charge is 2.24. The van der Waals surface area contributed by atoms with Crippen molar-refractivity contribution in [2.24, 2.45) is 0 Å². The third kappa shape index (κ3) is 3.23. The van der Waals surface area contributed by atoms with Crippen LogP contribution in [-0.4, -0.2) is 31.2 Å². The molecule has 0 amide bonds. The molecule has 0 unspecified atom stereocenters. The van der Waals surface area contributed by atoms with Crippen molar-refractivity contribution < 1.29 is 0 Å². The molecule has 1 fully saturated rings. The summed E-state index contributed by atoms with van der Waals surface area (Å²) >= 11 is 0. The molecule has 0 bridgehead atoms. The van der Waals surface area contributed by atoms with Gasteiger partial charge in [-0.2, -0.15) is 0 Å². The Balaban J connectivity index is 0.000000980. The van der Waals surface area contributed by atoms with Crippen LogP contribution < -0.4 is 10.2 Å². The van der Waals surface area contributed by atoms with Crippen LogP contribution in [0.2, 0.25) is 0 Å². The first kappa shape index (κ1) is 14.5. The van der Waals surface area contributed by atoms with E-state index in [2.05, 4.69) is 27.3 Å². The summed E-state index contributed by atoms with van der Waals surface area (Å²) in [7, 11) is 2.01. The van der Waals surface area contributed by atoms with E-state index in [4.69, 9.17) is 0 Å². The Morgan fingerprint density at radius 1 is 1.40 bits per heavy atom. The lowest BCUT2D eigenvalue weighted by molar-refractivity contribution is 0.450. The fraction of sp³-hybridized carbons (Fsp3) is 0.500. The van der Waals surface area contributed by atoms with Crippen LogP contribution in [0, 0.1) is 6.92 Å². The highest BCUT2D eigenvalue weighted by molar-refractivity contribution is 5.85. The van der Waals surface area contributed by atoms with Gasteiger partial charge in [-0.3, -0.25) is 4.98 Å². The van der Waals surface area contributed by atoms with Crippen molar-refractivity contribution in [1.82, 2.24) is 10.3 Å². The smallest absolute Gasteiger partial charge is 0.0418 e. The molecule has 1 N–H and O–H groups in total. The van der Waals surface area contributed by atoms with Gasteiger partial charge in [-0.05, 0) is 26.1 Å². The van der Waals surface area contributed by atoms with Crippen molar-refractivity contribution >= 4 is 30.5 Å². The molecular formula is C10H17Cl2N3. The lowest BCUT2D eigenvalue weighted by Crippen LogP contribution is -2.57. The van der Waals surface area contributed by atoms with Crippen molar-refractivity contribution in [2.75, 3.05) is 25.0 Å². The Hall–Kier alpha value is -0.510. The number of hydrogen-bond donors (Lipinski definition) is 1. The van der Waals surface area contributed by atoms with Gasteiger partial charge in [0.2, 0.25) is 0 Å². The zero-order valence-electron chi connectivity index (χ0n) is 8.93. The number of halogens is 2. The van der Waals surface area contributed by atoms with E-state index in [0.29, 0.717) is 6.04 Å². The molecule has 0 spiro atoms. The van der Waals surface area contributed by atoms with Gasteiger partial charge in [0.1, 0.15) is 0 Å². The lowest BCUT2D eigenvalue weighted by Gasteiger charge is -2.40. The van der Waals surface area contributed by atoms with Gasteiger partial charge in [-0.25, -0.2) is 0 Å². The van der Waals surface area contributed by atoms with Crippen molar-refractivity contribution in [3.63, 3.8) is 0 Å². The molecule has 86 valence electrons. The number of likely N-dealkylation sites (N-methyl/N-ethyl adjacent to an activating group) is 1. The summed E-state index contributed by atoms with van der Waals surface area (Å²) in [5.41, 5.74) is 2.38. The molecule has 1 aliphatic rings. The van der Waals surface area contributed by atoms with Crippen LogP contribution in [0.25, 0.3) is 0 Å². The molecule has 0 aromatic carbocycles. The first-order valence-corrected chi connectivity index (χ1v) is 4.64. The van der Waals surface area contributed by atoms with E-state index < -0.39 is 0 Å². The van der Waals surface area contributed by atoms with Gasteiger partial charge in [-0.15, -0.1) is 24.8 Å². The molecule has 5 heteroatoms. The summed E-state index contributed by atoms with van der Waals surface area (Å²) in [6.45, 7) is 4.25. The lowest BCUT2D eigenvalue weighted by atomic mass is 10.1. The Labute approximate surface area is 103 Å². The Morgan fingerprint density at radius 2 is 2.07 bits per heavy atom. The summed E-state index contributed by atoms with van der Waals surface area (Å²) in [6, 6.07) is 4.86. The highest BCUT2D eigenvalue weighted by atomic mass is 35.5. The van der Waals surface area contributed by atoms with Gasteiger partial charge in [0.05, 0.1) is 0 Å². The minimum absolute atomic E-state index is 0. The maximum Gasteiger partial charge on any atom is 0.0418 e. The molecule has 1 aromatic heterocycles.